The minimum Gasteiger partial charge on any atom is -0.387 e. The lowest BCUT2D eigenvalue weighted by atomic mass is 10.0. The number of hydrogen-bond acceptors (Lipinski definition) is 3. The van der Waals surface area contributed by atoms with Crippen LogP contribution in [0.4, 0.5) is 0 Å². The molecule has 0 fully saturated rings. The van der Waals surface area contributed by atoms with E-state index in [0.29, 0.717) is 6.54 Å². The lowest BCUT2D eigenvalue weighted by Crippen LogP contribution is -2.30. The molecule has 0 radical (unpaired) electrons. The average molecular weight is 326 g/mol. The van der Waals surface area contributed by atoms with Crippen LogP contribution in [0.25, 0.3) is 11.3 Å². The van der Waals surface area contributed by atoms with E-state index in [1.165, 1.54) is 25.7 Å². The summed E-state index contributed by atoms with van der Waals surface area (Å²) in [4.78, 5) is 6.76. The third-order valence-corrected chi connectivity index (χ3v) is 4.34. The third kappa shape index (κ3) is 5.73. The summed E-state index contributed by atoms with van der Waals surface area (Å²) in [5.74, 6) is 0. The second-order valence-electron chi connectivity index (χ2n) is 6.36. The molecule has 0 amide bonds. The zero-order chi connectivity index (χ0) is 17.2. The molecule has 0 saturated heterocycles. The maximum atomic E-state index is 10.6. The molecule has 0 bridgehead atoms. The Morgan fingerprint density at radius 3 is 2.17 bits per heavy atom. The van der Waals surface area contributed by atoms with Crippen molar-refractivity contribution >= 4 is 0 Å². The molecule has 2 rings (SSSR count). The Hall–Kier alpha value is -1.71. The molecule has 0 aliphatic heterocycles. The highest BCUT2D eigenvalue weighted by Crippen LogP contribution is 2.21. The number of aliphatic hydroxyl groups is 1. The van der Waals surface area contributed by atoms with Gasteiger partial charge >= 0.3 is 0 Å². The van der Waals surface area contributed by atoms with Crippen LogP contribution < -0.4 is 0 Å². The number of hydrogen-bond donors (Lipinski definition) is 1. The normalized spacial score (nSPS) is 12.5. The van der Waals surface area contributed by atoms with Gasteiger partial charge in [-0.15, -0.1) is 0 Å². The van der Waals surface area contributed by atoms with E-state index in [4.69, 9.17) is 0 Å². The van der Waals surface area contributed by atoms with Crippen molar-refractivity contribution in [2.24, 2.45) is 0 Å². The predicted molar refractivity (Wildman–Crippen MR) is 101 cm³/mol. The summed E-state index contributed by atoms with van der Waals surface area (Å²) in [5.41, 5.74) is 3.03. The van der Waals surface area contributed by atoms with Crippen LogP contribution in [0, 0.1) is 0 Å². The fourth-order valence-corrected chi connectivity index (χ4v) is 2.82. The summed E-state index contributed by atoms with van der Waals surface area (Å²) in [7, 11) is 0. The first kappa shape index (κ1) is 18.6. The van der Waals surface area contributed by atoms with Crippen molar-refractivity contribution in [2.75, 3.05) is 19.6 Å². The van der Waals surface area contributed by atoms with Crippen LogP contribution in [0.1, 0.15) is 51.2 Å². The number of unbranched alkanes of at least 4 members (excludes halogenated alkanes) is 2. The van der Waals surface area contributed by atoms with Gasteiger partial charge in [0.1, 0.15) is 0 Å². The van der Waals surface area contributed by atoms with Gasteiger partial charge in [-0.05, 0) is 43.6 Å². The predicted octanol–water partition coefficient (Wildman–Crippen LogP) is 4.68. The minimum atomic E-state index is -0.434. The van der Waals surface area contributed by atoms with Gasteiger partial charge in [0.25, 0.3) is 0 Å². The van der Waals surface area contributed by atoms with Crippen LogP contribution >= 0.6 is 0 Å². The molecule has 1 unspecified atom stereocenters. The minimum absolute atomic E-state index is 0.434. The standard InChI is InChI=1S/C21H30N2O/c1-3-5-15-23(16-6-4-2)17-21(24)19-12-10-18(11-13-19)20-9-7-8-14-22-20/h7-14,21,24H,3-6,15-17H2,1-2H3. The van der Waals surface area contributed by atoms with Gasteiger partial charge in [-0.25, -0.2) is 0 Å². The molecule has 0 aliphatic rings. The number of pyridine rings is 1. The summed E-state index contributed by atoms with van der Waals surface area (Å²) < 4.78 is 0. The van der Waals surface area contributed by atoms with E-state index in [9.17, 15) is 5.11 Å². The van der Waals surface area contributed by atoms with Crippen LogP contribution in [-0.4, -0.2) is 34.6 Å². The number of benzene rings is 1. The molecule has 0 aliphatic carbocycles. The molecule has 3 heteroatoms. The highest BCUT2D eigenvalue weighted by Gasteiger charge is 2.13. The molecule has 2 aromatic rings. The van der Waals surface area contributed by atoms with Gasteiger partial charge < -0.3 is 10.0 Å². The van der Waals surface area contributed by atoms with E-state index in [2.05, 4.69) is 23.7 Å². The zero-order valence-corrected chi connectivity index (χ0v) is 15.0. The Bertz CT molecular complexity index is 560. The highest BCUT2D eigenvalue weighted by molar-refractivity contribution is 5.59. The van der Waals surface area contributed by atoms with Gasteiger partial charge in [0.05, 0.1) is 11.8 Å². The summed E-state index contributed by atoms with van der Waals surface area (Å²) >= 11 is 0. The molecule has 3 nitrogen and oxygen atoms in total. The van der Waals surface area contributed by atoms with E-state index in [0.717, 1.165) is 29.9 Å². The largest absolute Gasteiger partial charge is 0.387 e. The van der Waals surface area contributed by atoms with Crippen LogP contribution in [0.15, 0.2) is 48.7 Å². The van der Waals surface area contributed by atoms with Crippen LogP contribution in [-0.2, 0) is 0 Å². The maximum absolute atomic E-state index is 10.6. The second kappa shape index (κ2) is 10.2. The molecule has 24 heavy (non-hydrogen) atoms. The fourth-order valence-electron chi connectivity index (χ4n) is 2.82. The molecule has 0 saturated carbocycles. The van der Waals surface area contributed by atoms with Crippen molar-refractivity contribution in [1.29, 1.82) is 0 Å². The van der Waals surface area contributed by atoms with Crippen molar-refractivity contribution in [3.05, 3.63) is 54.2 Å². The van der Waals surface area contributed by atoms with Crippen molar-refractivity contribution in [2.45, 2.75) is 45.6 Å². The Balaban J connectivity index is 1.98. The number of aromatic nitrogens is 1. The van der Waals surface area contributed by atoms with Crippen molar-refractivity contribution in [3.63, 3.8) is 0 Å². The van der Waals surface area contributed by atoms with Crippen molar-refractivity contribution in [3.8, 4) is 11.3 Å². The van der Waals surface area contributed by atoms with E-state index >= 15 is 0 Å². The molecule has 130 valence electrons. The molecule has 1 aromatic heterocycles. The third-order valence-electron chi connectivity index (χ3n) is 4.34. The first-order chi connectivity index (χ1) is 11.7. The summed E-state index contributed by atoms with van der Waals surface area (Å²) in [6.07, 6.45) is 6.13. The number of aliphatic hydroxyl groups excluding tert-OH is 1. The monoisotopic (exact) mass is 326 g/mol. The summed E-state index contributed by atoms with van der Waals surface area (Å²) in [5, 5.41) is 10.6. The Kier molecular flexibility index (Phi) is 7.93. The second-order valence-corrected chi connectivity index (χ2v) is 6.36. The van der Waals surface area contributed by atoms with E-state index in [-0.39, 0.29) is 0 Å². The Labute approximate surface area is 146 Å². The molecule has 1 aromatic carbocycles. The first-order valence-corrected chi connectivity index (χ1v) is 9.16. The lowest BCUT2D eigenvalue weighted by Gasteiger charge is -2.25. The zero-order valence-electron chi connectivity index (χ0n) is 15.0. The van der Waals surface area contributed by atoms with Gasteiger partial charge in [0, 0.05) is 18.3 Å². The molecule has 1 heterocycles. The Morgan fingerprint density at radius 1 is 0.958 bits per heavy atom. The van der Waals surface area contributed by atoms with Crippen LogP contribution in [0.5, 0.6) is 0 Å². The smallest absolute Gasteiger partial charge is 0.0916 e. The molecule has 0 spiro atoms. The highest BCUT2D eigenvalue weighted by atomic mass is 16.3. The van der Waals surface area contributed by atoms with Gasteiger partial charge in [-0.1, -0.05) is 57.0 Å². The van der Waals surface area contributed by atoms with Crippen LogP contribution in [0.3, 0.4) is 0 Å². The Morgan fingerprint density at radius 2 is 1.62 bits per heavy atom. The van der Waals surface area contributed by atoms with Crippen LogP contribution in [0.2, 0.25) is 0 Å². The van der Waals surface area contributed by atoms with Gasteiger partial charge in [-0.2, -0.15) is 0 Å². The lowest BCUT2D eigenvalue weighted by molar-refractivity contribution is 0.111. The number of rotatable bonds is 10. The maximum Gasteiger partial charge on any atom is 0.0916 e. The molecule has 1 N–H and O–H groups in total. The summed E-state index contributed by atoms with van der Waals surface area (Å²) in [6, 6.07) is 14.0. The van der Waals surface area contributed by atoms with Crippen molar-refractivity contribution in [1.82, 2.24) is 9.88 Å². The van der Waals surface area contributed by atoms with E-state index < -0.39 is 6.10 Å². The van der Waals surface area contributed by atoms with Gasteiger partial charge in [0.15, 0.2) is 0 Å². The molecular weight excluding hydrogens is 296 g/mol. The first-order valence-electron chi connectivity index (χ1n) is 9.16. The van der Waals surface area contributed by atoms with E-state index in [1.54, 1.807) is 6.20 Å². The molecule has 1 atom stereocenters. The summed E-state index contributed by atoms with van der Waals surface area (Å²) in [6.45, 7) is 7.28. The fraction of sp³-hybridized carbons (Fsp3) is 0.476. The van der Waals surface area contributed by atoms with E-state index in [1.807, 2.05) is 42.5 Å². The topological polar surface area (TPSA) is 36.4 Å². The van der Waals surface area contributed by atoms with Gasteiger partial charge in [0.2, 0.25) is 0 Å². The average Bonchev–Trinajstić information content (AvgIpc) is 2.64. The van der Waals surface area contributed by atoms with Crippen molar-refractivity contribution < 1.29 is 5.11 Å². The van der Waals surface area contributed by atoms with Gasteiger partial charge in [-0.3, -0.25) is 4.98 Å². The SMILES string of the molecule is CCCCN(CCCC)CC(O)c1ccc(-c2ccccn2)cc1. The quantitative estimate of drug-likeness (QED) is 0.688. The number of nitrogens with zero attached hydrogens (tertiary/aromatic N) is 2. The molecular formula is C21H30N2O.